The summed E-state index contributed by atoms with van der Waals surface area (Å²) < 4.78 is 29.6. The summed E-state index contributed by atoms with van der Waals surface area (Å²) in [6.45, 7) is 0. The standard InChI is InChI=1S/C18H17N5O3S/c24-18(13-9-10-13)21-17-15(12-20-23(17)16-8-4-5-11-19-16)27(25,26)22-14-6-2-1-3-7-14/h1-8,11-13,22H,9-10H2,(H,21,24). The fourth-order valence-electron chi connectivity index (χ4n) is 2.58. The summed E-state index contributed by atoms with van der Waals surface area (Å²) in [5, 5.41) is 6.86. The Kier molecular flexibility index (Phi) is 4.36. The van der Waals surface area contributed by atoms with Gasteiger partial charge in [0.25, 0.3) is 10.0 Å². The van der Waals surface area contributed by atoms with E-state index < -0.39 is 10.0 Å². The number of carbonyl (C=O) groups excluding carboxylic acids is 1. The number of amides is 1. The van der Waals surface area contributed by atoms with E-state index in [4.69, 9.17) is 0 Å². The lowest BCUT2D eigenvalue weighted by Gasteiger charge is -2.12. The predicted octanol–water partition coefficient (Wildman–Crippen LogP) is 2.42. The molecule has 2 aromatic heterocycles. The normalized spacial score (nSPS) is 13.9. The van der Waals surface area contributed by atoms with Gasteiger partial charge in [0.05, 0.1) is 6.20 Å². The molecule has 1 aliphatic rings. The number of anilines is 2. The van der Waals surface area contributed by atoms with Crippen LogP contribution in [0.2, 0.25) is 0 Å². The molecule has 138 valence electrons. The highest BCUT2D eigenvalue weighted by Gasteiger charge is 2.33. The number of aromatic nitrogens is 3. The van der Waals surface area contributed by atoms with Gasteiger partial charge in [-0.2, -0.15) is 9.78 Å². The van der Waals surface area contributed by atoms with E-state index in [1.165, 1.54) is 10.9 Å². The van der Waals surface area contributed by atoms with Crippen molar-refractivity contribution in [3.63, 3.8) is 0 Å². The molecule has 0 radical (unpaired) electrons. The van der Waals surface area contributed by atoms with Crippen molar-refractivity contribution in [1.82, 2.24) is 14.8 Å². The van der Waals surface area contributed by atoms with Gasteiger partial charge in [-0.15, -0.1) is 0 Å². The Morgan fingerprint density at radius 3 is 2.48 bits per heavy atom. The van der Waals surface area contributed by atoms with E-state index in [-0.39, 0.29) is 22.5 Å². The summed E-state index contributed by atoms with van der Waals surface area (Å²) in [5.74, 6) is 0.178. The first-order chi connectivity index (χ1) is 13.0. The van der Waals surface area contributed by atoms with Crippen LogP contribution in [-0.4, -0.2) is 29.1 Å². The second-order valence-electron chi connectivity index (χ2n) is 6.19. The van der Waals surface area contributed by atoms with Gasteiger partial charge in [-0.05, 0) is 37.1 Å². The minimum absolute atomic E-state index is 0.0778. The molecule has 3 aromatic rings. The largest absolute Gasteiger partial charge is 0.309 e. The molecule has 4 rings (SSSR count). The highest BCUT2D eigenvalue weighted by atomic mass is 32.2. The van der Waals surface area contributed by atoms with E-state index in [2.05, 4.69) is 20.1 Å². The van der Waals surface area contributed by atoms with Crippen LogP contribution in [-0.2, 0) is 14.8 Å². The lowest BCUT2D eigenvalue weighted by molar-refractivity contribution is -0.117. The number of hydrogen-bond acceptors (Lipinski definition) is 5. The molecular weight excluding hydrogens is 366 g/mol. The van der Waals surface area contributed by atoms with Gasteiger partial charge < -0.3 is 5.32 Å². The zero-order valence-corrected chi connectivity index (χ0v) is 15.1. The van der Waals surface area contributed by atoms with Crippen molar-refractivity contribution in [2.45, 2.75) is 17.7 Å². The molecule has 0 aliphatic heterocycles. The van der Waals surface area contributed by atoms with Gasteiger partial charge in [0.2, 0.25) is 5.91 Å². The summed E-state index contributed by atoms with van der Waals surface area (Å²) in [6.07, 6.45) is 4.38. The zero-order chi connectivity index (χ0) is 18.9. The van der Waals surface area contributed by atoms with Crippen LogP contribution in [0.4, 0.5) is 11.5 Å². The Morgan fingerprint density at radius 1 is 1.07 bits per heavy atom. The molecule has 1 amide bonds. The Hall–Kier alpha value is -3.20. The fraction of sp³-hybridized carbons (Fsp3) is 0.167. The van der Waals surface area contributed by atoms with E-state index in [1.54, 1.807) is 54.7 Å². The second-order valence-corrected chi connectivity index (χ2v) is 7.84. The number of nitrogens with zero attached hydrogens (tertiary/aromatic N) is 3. The van der Waals surface area contributed by atoms with Crippen molar-refractivity contribution in [2.24, 2.45) is 5.92 Å². The van der Waals surface area contributed by atoms with Crippen molar-refractivity contribution in [3.05, 3.63) is 60.9 Å². The lowest BCUT2D eigenvalue weighted by atomic mass is 10.3. The van der Waals surface area contributed by atoms with Gasteiger partial charge in [-0.25, -0.2) is 13.4 Å². The number of para-hydroxylation sites is 1. The van der Waals surface area contributed by atoms with Crippen molar-refractivity contribution in [2.75, 3.05) is 10.0 Å². The molecule has 8 nitrogen and oxygen atoms in total. The molecule has 0 bridgehead atoms. The van der Waals surface area contributed by atoms with Crippen molar-refractivity contribution < 1.29 is 13.2 Å². The molecule has 1 fully saturated rings. The molecule has 0 saturated heterocycles. The summed E-state index contributed by atoms with van der Waals surface area (Å²) in [6, 6.07) is 13.7. The molecule has 2 N–H and O–H groups in total. The van der Waals surface area contributed by atoms with Crippen LogP contribution in [0, 0.1) is 5.92 Å². The fourth-order valence-corrected chi connectivity index (χ4v) is 3.71. The molecule has 0 atom stereocenters. The third kappa shape index (κ3) is 3.68. The first-order valence-corrected chi connectivity index (χ1v) is 9.91. The summed E-state index contributed by atoms with van der Waals surface area (Å²) in [4.78, 5) is 16.4. The Morgan fingerprint density at radius 2 is 1.81 bits per heavy atom. The van der Waals surface area contributed by atoms with Gasteiger partial charge in [-0.1, -0.05) is 24.3 Å². The first-order valence-electron chi connectivity index (χ1n) is 8.43. The van der Waals surface area contributed by atoms with E-state index in [0.29, 0.717) is 11.5 Å². The SMILES string of the molecule is O=C(Nc1c(S(=O)(=O)Nc2ccccc2)cnn1-c1ccccn1)C1CC1. The van der Waals surface area contributed by atoms with Crippen LogP contribution in [0.25, 0.3) is 5.82 Å². The number of sulfonamides is 1. The maximum absolute atomic E-state index is 12.9. The molecule has 0 unspecified atom stereocenters. The average molecular weight is 383 g/mol. The smallest absolute Gasteiger partial charge is 0.267 e. The molecule has 27 heavy (non-hydrogen) atoms. The quantitative estimate of drug-likeness (QED) is 0.680. The van der Waals surface area contributed by atoms with Crippen LogP contribution in [0.5, 0.6) is 0 Å². The summed E-state index contributed by atoms with van der Waals surface area (Å²) in [5.41, 5.74) is 0.419. The number of hydrogen-bond donors (Lipinski definition) is 2. The molecule has 1 saturated carbocycles. The maximum Gasteiger partial charge on any atom is 0.267 e. The third-order valence-electron chi connectivity index (χ3n) is 4.11. The second kappa shape index (κ2) is 6.84. The third-order valence-corrected chi connectivity index (χ3v) is 5.49. The van der Waals surface area contributed by atoms with E-state index in [9.17, 15) is 13.2 Å². The summed E-state index contributed by atoms with van der Waals surface area (Å²) >= 11 is 0. The molecule has 1 aliphatic carbocycles. The highest BCUT2D eigenvalue weighted by Crippen LogP contribution is 2.32. The molecule has 9 heteroatoms. The van der Waals surface area contributed by atoms with Gasteiger partial charge in [0.15, 0.2) is 16.5 Å². The van der Waals surface area contributed by atoms with E-state index in [1.807, 2.05) is 0 Å². The van der Waals surface area contributed by atoms with Gasteiger partial charge in [0.1, 0.15) is 0 Å². The van der Waals surface area contributed by atoms with Crippen molar-refractivity contribution >= 4 is 27.4 Å². The molecule has 2 heterocycles. The number of pyridine rings is 1. The highest BCUT2D eigenvalue weighted by molar-refractivity contribution is 7.92. The van der Waals surface area contributed by atoms with Crippen LogP contribution in [0.3, 0.4) is 0 Å². The first kappa shape index (κ1) is 17.2. The van der Waals surface area contributed by atoms with Gasteiger partial charge in [0, 0.05) is 17.8 Å². The van der Waals surface area contributed by atoms with Crippen LogP contribution in [0.15, 0.2) is 65.8 Å². The Bertz CT molecular complexity index is 1060. The minimum atomic E-state index is -3.96. The Balaban J connectivity index is 1.75. The monoisotopic (exact) mass is 383 g/mol. The van der Waals surface area contributed by atoms with Crippen LogP contribution < -0.4 is 10.0 Å². The lowest BCUT2D eigenvalue weighted by Crippen LogP contribution is -2.20. The number of rotatable bonds is 6. The summed E-state index contributed by atoms with van der Waals surface area (Å²) in [7, 11) is -3.96. The molecule has 0 spiro atoms. The maximum atomic E-state index is 12.9. The Labute approximate surface area is 156 Å². The average Bonchev–Trinajstić information content (AvgIpc) is 3.43. The topological polar surface area (TPSA) is 106 Å². The van der Waals surface area contributed by atoms with Gasteiger partial charge in [-0.3, -0.25) is 9.52 Å². The molecular formula is C18H17N5O3S. The van der Waals surface area contributed by atoms with Crippen LogP contribution >= 0.6 is 0 Å². The predicted molar refractivity (Wildman–Crippen MR) is 100.0 cm³/mol. The van der Waals surface area contributed by atoms with Crippen LogP contribution in [0.1, 0.15) is 12.8 Å². The molecule has 1 aromatic carbocycles. The van der Waals surface area contributed by atoms with Crippen molar-refractivity contribution in [1.29, 1.82) is 0 Å². The van der Waals surface area contributed by atoms with Gasteiger partial charge >= 0.3 is 0 Å². The van der Waals surface area contributed by atoms with E-state index in [0.717, 1.165) is 12.8 Å². The van der Waals surface area contributed by atoms with E-state index >= 15 is 0 Å². The number of nitrogens with one attached hydrogen (secondary N) is 2. The number of carbonyl (C=O) groups is 1. The zero-order valence-electron chi connectivity index (χ0n) is 14.2. The minimum Gasteiger partial charge on any atom is -0.309 e. The number of benzene rings is 1. The van der Waals surface area contributed by atoms with Crippen molar-refractivity contribution in [3.8, 4) is 5.82 Å².